The van der Waals surface area contributed by atoms with Gasteiger partial charge < -0.3 is 11.1 Å². The number of nitrogens with one attached hydrogen (secondary N) is 1. The van der Waals surface area contributed by atoms with Gasteiger partial charge in [-0.2, -0.15) is 0 Å². The molecule has 0 aliphatic carbocycles. The van der Waals surface area contributed by atoms with Crippen molar-refractivity contribution in [2.24, 2.45) is 5.73 Å². The van der Waals surface area contributed by atoms with Gasteiger partial charge in [0.1, 0.15) is 4.99 Å². The summed E-state index contributed by atoms with van der Waals surface area (Å²) >= 11 is 8.51. The quantitative estimate of drug-likeness (QED) is 0.814. The number of benzene rings is 2. The van der Waals surface area contributed by atoms with E-state index in [0.29, 0.717) is 4.99 Å². The zero-order valence-electron chi connectivity index (χ0n) is 10.6. The van der Waals surface area contributed by atoms with Gasteiger partial charge in [-0.25, -0.2) is 0 Å². The molecule has 0 saturated heterocycles. The Bertz CT molecular complexity index is 594. The van der Waals surface area contributed by atoms with Crippen molar-refractivity contribution < 1.29 is 0 Å². The fourth-order valence-corrected chi connectivity index (χ4v) is 2.34. The first kappa shape index (κ1) is 14.0. The van der Waals surface area contributed by atoms with Crippen molar-refractivity contribution in [2.45, 2.75) is 13.3 Å². The van der Waals surface area contributed by atoms with Crippen molar-refractivity contribution in [3.8, 4) is 0 Å². The molecule has 0 aliphatic heterocycles. The van der Waals surface area contributed by atoms with Crippen LogP contribution in [0.15, 0.2) is 46.9 Å². The average Bonchev–Trinajstić information content (AvgIpc) is 2.41. The molecule has 0 radical (unpaired) electrons. The molecule has 4 heteroatoms. The highest BCUT2D eigenvalue weighted by Crippen LogP contribution is 2.24. The largest absolute Gasteiger partial charge is 0.389 e. The van der Waals surface area contributed by atoms with Gasteiger partial charge in [-0.3, -0.25) is 0 Å². The standard InChI is InChI=1S/C15H15BrN2S/c1-2-10-3-6-12(7-4-10)18-14-8-5-11(16)9-13(14)15(17)19/h3-9,18H,2H2,1H3,(H2,17,19). The third kappa shape index (κ3) is 3.55. The molecule has 2 aromatic carbocycles. The number of hydrogen-bond donors (Lipinski definition) is 2. The van der Waals surface area contributed by atoms with Crippen molar-refractivity contribution >= 4 is 44.5 Å². The van der Waals surface area contributed by atoms with Gasteiger partial charge >= 0.3 is 0 Å². The Morgan fingerprint density at radius 3 is 2.47 bits per heavy atom. The SMILES string of the molecule is CCc1ccc(Nc2ccc(Br)cc2C(N)=S)cc1. The Morgan fingerprint density at radius 1 is 1.21 bits per heavy atom. The highest BCUT2D eigenvalue weighted by atomic mass is 79.9. The van der Waals surface area contributed by atoms with E-state index < -0.39 is 0 Å². The minimum absolute atomic E-state index is 0.383. The molecule has 0 spiro atoms. The summed E-state index contributed by atoms with van der Waals surface area (Å²) < 4.78 is 0.960. The zero-order valence-corrected chi connectivity index (χ0v) is 13.0. The monoisotopic (exact) mass is 334 g/mol. The molecule has 0 bridgehead atoms. The van der Waals surface area contributed by atoms with Crippen LogP contribution in [0.25, 0.3) is 0 Å². The molecule has 0 unspecified atom stereocenters. The van der Waals surface area contributed by atoms with Crippen LogP contribution in [0, 0.1) is 0 Å². The number of halogens is 1. The summed E-state index contributed by atoms with van der Waals surface area (Å²) in [7, 11) is 0. The average molecular weight is 335 g/mol. The molecule has 3 N–H and O–H groups in total. The first-order chi connectivity index (χ1) is 9.10. The Hall–Kier alpha value is -1.39. The lowest BCUT2D eigenvalue weighted by atomic mass is 10.1. The molecular weight excluding hydrogens is 320 g/mol. The molecular formula is C15H15BrN2S. The van der Waals surface area contributed by atoms with E-state index in [2.05, 4.69) is 52.4 Å². The maximum atomic E-state index is 5.75. The third-order valence-electron chi connectivity index (χ3n) is 2.89. The molecule has 19 heavy (non-hydrogen) atoms. The molecule has 2 rings (SSSR count). The van der Waals surface area contributed by atoms with E-state index in [1.807, 2.05) is 18.2 Å². The lowest BCUT2D eigenvalue weighted by Gasteiger charge is -2.12. The molecule has 0 heterocycles. The fourth-order valence-electron chi connectivity index (χ4n) is 1.81. The molecule has 0 saturated carbocycles. The summed E-state index contributed by atoms with van der Waals surface area (Å²) in [5.74, 6) is 0. The summed E-state index contributed by atoms with van der Waals surface area (Å²) in [5.41, 5.74) is 9.85. The number of aryl methyl sites for hydroxylation is 1. The Labute approximate surface area is 127 Å². The maximum absolute atomic E-state index is 5.75. The summed E-state index contributed by atoms with van der Waals surface area (Å²) in [4.78, 5) is 0.383. The number of hydrogen-bond acceptors (Lipinski definition) is 2. The predicted octanol–water partition coefficient (Wildman–Crippen LogP) is 4.39. The van der Waals surface area contributed by atoms with Crippen molar-refractivity contribution in [2.75, 3.05) is 5.32 Å². The molecule has 98 valence electrons. The van der Waals surface area contributed by atoms with Gasteiger partial charge in [-0.1, -0.05) is 47.2 Å². The van der Waals surface area contributed by atoms with Gasteiger partial charge in [0, 0.05) is 21.4 Å². The van der Waals surface area contributed by atoms with Gasteiger partial charge in [0.15, 0.2) is 0 Å². The Balaban J connectivity index is 2.29. The van der Waals surface area contributed by atoms with Crippen LogP contribution in [0.5, 0.6) is 0 Å². The molecule has 0 aliphatic rings. The third-order valence-corrected chi connectivity index (χ3v) is 3.60. The number of anilines is 2. The lowest BCUT2D eigenvalue weighted by Crippen LogP contribution is -2.11. The van der Waals surface area contributed by atoms with Crippen LogP contribution < -0.4 is 11.1 Å². The topological polar surface area (TPSA) is 38.0 Å². The predicted molar refractivity (Wildman–Crippen MR) is 89.1 cm³/mol. The van der Waals surface area contributed by atoms with Crippen LogP contribution in [0.2, 0.25) is 0 Å². The summed E-state index contributed by atoms with van der Waals surface area (Å²) in [6, 6.07) is 14.2. The first-order valence-corrected chi connectivity index (χ1v) is 7.25. The van der Waals surface area contributed by atoms with Gasteiger partial charge in [0.25, 0.3) is 0 Å². The van der Waals surface area contributed by atoms with Crippen molar-refractivity contribution in [3.63, 3.8) is 0 Å². The fraction of sp³-hybridized carbons (Fsp3) is 0.133. The maximum Gasteiger partial charge on any atom is 0.106 e. The van der Waals surface area contributed by atoms with Crippen molar-refractivity contribution in [1.82, 2.24) is 0 Å². The van der Waals surface area contributed by atoms with Gasteiger partial charge in [0.05, 0.1) is 0 Å². The summed E-state index contributed by atoms with van der Waals surface area (Å²) in [6.07, 6.45) is 1.04. The molecule has 0 amide bonds. The zero-order chi connectivity index (χ0) is 13.8. The van der Waals surface area contributed by atoms with E-state index in [1.54, 1.807) is 0 Å². The van der Waals surface area contributed by atoms with E-state index in [4.69, 9.17) is 18.0 Å². The number of rotatable bonds is 4. The van der Waals surface area contributed by atoms with Crippen LogP contribution >= 0.6 is 28.1 Å². The second kappa shape index (κ2) is 6.17. The van der Waals surface area contributed by atoms with Crippen molar-refractivity contribution in [3.05, 3.63) is 58.1 Å². The minimum atomic E-state index is 0.383. The van der Waals surface area contributed by atoms with Crippen LogP contribution in [0.4, 0.5) is 11.4 Å². The minimum Gasteiger partial charge on any atom is -0.389 e. The van der Waals surface area contributed by atoms with Gasteiger partial charge in [-0.05, 0) is 42.3 Å². The number of thiocarbonyl (C=S) groups is 1. The summed E-state index contributed by atoms with van der Waals surface area (Å²) in [5, 5.41) is 3.34. The molecule has 2 nitrogen and oxygen atoms in total. The molecule has 0 fully saturated rings. The van der Waals surface area contributed by atoms with E-state index in [1.165, 1.54) is 5.56 Å². The second-order valence-electron chi connectivity index (χ2n) is 4.23. The van der Waals surface area contributed by atoms with E-state index >= 15 is 0 Å². The van der Waals surface area contributed by atoms with E-state index in [0.717, 1.165) is 27.8 Å². The Kier molecular flexibility index (Phi) is 4.56. The lowest BCUT2D eigenvalue weighted by molar-refractivity contribution is 1.14. The molecule has 0 aromatic heterocycles. The summed E-state index contributed by atoms with van der Waals surface area (Å²) in [6.45, 7) is 2.14. The first-order valence-electron chi connectivity index (χ1n) is 6.05. The van der Waals surface area contributed by atoms with Crippen LogP contribution in [0.1, 0.15) is 18.1 Å². The smallest absolute Gasteiger partial charge is 0.106 e. The van der Waals surface area contributed by atoms with E-state index in [-0.39, 0.29) is 0 Å². The van der Waals surface area contributed by atoms with Crippen LogP contribution in [0.3, 0.4) is 0 Å². The van der Waals surface area contributed by atoms with Gasteiger partial charge in [0.2, 0.25) is 0 Å². The van der Waals surface area contributed by atoms with Crippen LogP contribution in [-0.4, -0.2) is 4.99 Å². The highest BCUT2D eigenvalue weighted by Gasteiger charge is 2.06. The second-order valence-corrected chi connectivity index (χ2v) is 5.59. The number of nitrogens with two attached hydrogens (primary N) is 1. The normalized spacial score (nSPS) is 10.2. The van der Waals surface area contributed by atoms with Gasteiger partial charge in [-0.15, -0.1) is 0 Å². The van der Waals surface area contributed by atoms with E-state index in [9.17, 15) is 0 Å². The molecule has 2 aromatic rings. The Morgan fingerprint density at radius 2 is 1.89 bits per heavy atom. The molecule has 0 atom stereocenters. The van der Waals surface area contributed by atoms with Crippen molar-refractivity contribution in [1.29, 1.82) is 0 Å². The highest BCUT2D eigenvalue weighted by molar-refractivity contribution is 9.10. The van der Waals surface area contributed by atoms with Crippen LogP contribution in [-0.2, 0) is 6.42 Å².